The summed E-state index contributed by atoms with van der Waals surface area (Å²) in [7, 11) is 1.94. The van der Waals surface area contributed by atoms with Gasteiger partial charge < -0.3 is 0 Å². The molecule has 0 aliphatic heterocycles. The average Bonchev–Trinajstić information content (AvgIpc) is 2.78. The van der Waals surface area contributed by atoms with E-state index in [1.165, 1.54) is 11.1 Å². The summed E-state index contributed by atoms with van der Waals surface area (Å²) in [6, 6.07) is 8.42. The molecule has 0 radical (unpaired) electrons. The van der Waals surface area contributed by atoms with Crippen LogP contribution in [-0.2, 0) is 13.5 Å². The molecule has 0 amide bonds. The minimum Gasteiger partial charge on any atom is -0.276 e. The highest BCUT2D eigenvalue weighted by Crippen LogP contribution is 2.24. The number of aromatic nitrogens is 2. The van der Waals surface area contributed by atoms with Crippen molar-refractivity contribution < 1.29 is 0 Å². The third-order valence-electron chi connectivity index (χ3n) is 3.07. The standard InChI is InChI=1S/C14H16BrClN2/c1-18-10-11(9-17-18)2-3-13(8-16)12-4-6-14(15)7-5-12/h4-7,9-10,13H,2-3,8H2,1H3. The quantitative estimate of drug-likeness (QED) is 0.755. The molecule has 2 aromatic rings. The first-order chi connectivity index (χ1) is 8.69. The van der Waals surface area contributed by atoms with Gasteiger partial charge in [0, 0.05) is 23.6 Å². The van der Waals surface area contributed by atoms with Crippen LogP contribution < -0.4 is 0 Å². The molecule has 4 heteroatoms. The number of nitrogens with zero attached hydrogens (tertiary/aromatic N) is 2. The molecule has 1 heterocycles. The fraction of sp³-hybridized carbons (Fsp3) is 0.357. The van der Waals surface area contributed by atoms with E-state index < -0.39 is 0 Å². The Morgan fingerprint density at radius 2 is 2.06 bits per heavy atom. The molecule has 0 aliphatic rings. The fourth-order valence-corrected chi connectivity index (χ4v) is 2.61. The molecule has 2 rings (SSSR count). The summed E-state index contributed by atoms with van der Waals surface area (Å²) in [5.74, 6) is 1.06. The molecule has 1 atom stereocenters. The maximum Gasteiger partial charge on any atom is 0.0521 e. The molecule has 1 aromatic carbocycles. The number of hydrogen-bond donors (Lipinski definition) is 0. The van der Waals surface area contributed by atoms with Crippen LogP contribution in [0, 0.1) is 0 Å². The second-order valence-electron chi connectivity index (χ2n) is 4.46. The van der Waals surface area contributed by atoms with Crippen LogP contribution in [0.25, 0.3) is 0 Å². The number of benzene rings is 1. The SMILES string of the molecule is Cn1cc(CCC(CCl)c2ccc(Br)cc2)cn1. The molecule has 0 spiro atoms. The van der Waals surface area contributed by atoms with Gasteiger partial charge in [-0.15, -0.1) is 11.6 Å². The maximum atomic E-state index is 6.08. The maximum absolute atomic E-state index is 6.08. The molecule has 96 valence electrons. The molecule has 0 aliphatic carbocycles. The van der Waals surface area contributed by atoms with Gasteiger partial charge >= 0.3 is 0 Å². The van der Waals surface area contributed by atoms with Crippen LogP contribution in [0.1, 0.15) is 23.5 Å². The molecule has 0 bridgehead atoms. The molecule has 1 unspecified atom stereocenters. The average molecular weight is 328 g/mol. The van der Waals surface area contributed by atoms with Crippen molar-refractivity contribution in [3.8, 4) is 0 Å². The second kappa shape index (κ2) is 6.39. The summed E-state index contributed by atoms with van der Waals surface area (Å²) in [5.41, 5.74) is 2.57. The van der Waals surface area contributed by atoms with Crippen LogP contribution in [-0.4, -0.2) is 15.7 Å². The monoisotopic (exact) mass is 326 g/mol. The first-order valence-corrected chi connectivity index (χ1v) is 7.30. The van der Waals surface area contributed by atoms with E-state index >= 15 is 0 Å². The molecule has 0 fully saturated rings. The summed E-state index contributed by atoms with van der Waals surface area (Å²) in [6.07, 6.45) is 6.05. The van der Waals surface area contributed by atoms with Crippen molar-refractivity contribution in [1.82, 2.24) is 9.78 Å². The predicted molar refractivity (Wildman–Crippen MR) is 79.1 cm³/mol. The van der Waals surface area contributed by atoms with E-state index in [1.807, 2.05) is 17.9 Å². The van der Waals surface area contributed by atoms with Gasteiger partial charge in [0.1, 0.15) is 0 Å². The number of alkyl halides is 1. The van der Waals surface area contributed by atoms with E-state index in [-0.39, 0.29) is 0 Å². The van der Waals surface area contributed by atoms with Gasteiger partial charge in [-0.05, 0) is 42.0 Å². The van der Waals surface area contributed by atoms with Crippen LogP contribution in [0.2, 0.25) is 0 Å². The van der Waals surface area contributed by atoms with Crippen molar-refractivity contribution in [2.75, 3.05) is 5.88 Å². The number of hydrogen-bond acceptors (Lipinski definition) is 1. The summed E-state index contributed by atoms with van der Waals surface area (Å²) < 4.78 is 2.94. The summed E-state index contributed by atoms with van der Waals surface area (Å²) in [6.45, 7) is 0. The van der Waals surface area contributed by atoms with E-state index in [0.717, 1.165) is 17.3 Å². The van der Waals surface area contributed by atoms with Crippen molar-refractivity contribution >= 4 is 27.5 Å². The van der Waals surface area contributed by atoms with Crippen molar-refractivity contribution in [2.24, 2.45) is 7.05 Å². The van der Waals surface area contributed by atoms with Crippen molar-refractivity contribution in [2.45, 2.75) is 18.8 Å². The lowest BCUT2D eigenvalue weighted by Crippen LogP contribution is -2.02. The molecule has 18 heavy (non-hydrogen) atoms. The summed E-state index contributed by atoms with van der Waals surface area (Å²) >= 11 is 9.53. The Kier molecular flexibility index (Phi) is 4.84. The molecule has 2 nitrogen and oxygen atoms in total. The Bertz CT molecular complexity index is 493. The summed E-state index contributed by atoms with van der Waals surface area (Å²) in [4.78, 5) is 0. The molecular formula is C14H16BrClN2. The van der Waals surface area contributed by atoms with Crippen LogP contribution in [0.15, 0.2) is 41.1 Å². The van der Waals surface area contributed by atoms with E-state index in [0.29, 0.717) is 11.8 Å². The van der Waals surface area contributed by atoms with Gasteiger partial charge in [0.15, 0.2) is 0 Å². The lowest BCUT2D eigenvalue weighted by molar-refractivity contribution is 0.684. The van der Waals surface area contributed by atoms with Crippen molar-refractivity contribution in [3.63, 3.8) is 0 Å². The van der Waals surface area contributed by atoms with E-state index in [4.69, 9.17) is 11.6 Å². The Labute approximate surface area is 121 Å². The van der Waals surface area contributed by atoms with Crippen LogP contribution >= 0.6 is 27.5 Å². The zero-order valence-electron chi connectivity index (χ0n) is 10.3. The smallest absolute Gasteiger partial charge is 0.0521 e. The van der Waals surface area contributed by atoms with Gasteiger partial charge in [-0.1, -0.05) is 28.1 Å². The van der Waals surface area contributed by atoms with Gasteiger partial charge in [-0.3, -0.25) is 4.68 Å². The number of halogens is 2. The predicted octanol–water partition coefficient (Wildman–Crippen LogP) is 4.14. The molecular weight excluding hydrogens is 312 g/mol. The topological polar surface area (TPSA) is 17.8 Å². The minimum absolute atomic E-state index is 0.403. The minimum atomic E-state index is 0.403. The first kappa shape index (κ1) is 13.6. The third kappa shape index (κ3) is 3.59. The highest BCUT2D eigenvalue weighted by Gasteiger charge is 2.11. The van der Waals surface area contributed by atoms with Gasteiger partial charge in [0.25, 0.3) is 0 Å². The Morgan fingerprint density at radius 3 is 2.61 bits per heavy atom. The van der Waals surface area contributed by atoms with Crippen molar-refractivity contribution in [3.05, 3.63) is 52.3 Å². The number of aryl methyl sites for hydroxylation is 2. The van der Waals surface area contributed by atoms with E-state index in [2.05, 4.69) is 51.5 Å². The zero-order valence-corrected chi connectivity index (χ0v) is 12.7. The number of rotatable bonds is 5. The van der Waals surface area contributed by atoms with Gasteiger partial charge in [-0.25, -0.2) is 0 Å². The van der Waals surface area contributed by atoms with Crippen LogP contribution in [0.4, 0.5) is 0 Å². The van der Waals surface area contributed by atoms with Crippen LogP contribution in [0.5, 0.6) is 0 Å². The van der Waals surface area contributed by atoms with E-state index in [1.54, 1.807) is 0 Å². The van der Waals surface area contributed by atoms with Gasteiger partial charge in [0.05, 0.1) is 6.20 Å². The lowest BCUT2D eigenvalue weighted by atomic mass is 9.95. The molecule has 0 N–H and O–H groups in total. The Morgan fingerprint density at radius 1 is 1.33 bits per heavy atom. The third-order valence-corrected chi connectivity index (χ3v) is 3.97. The summed E-state index contributed by atoms with van der Waals surface area (Å²) in [5, 5.41) is 4.18. The van der Waals surface area contributed by atoms with Crippen LogP contribution in [0.3, 0.4) is 0 Å². The fourth-order valence-electron chi connectivity index (χ4n) is 2.01. The van der Waals surface area contributed by atoms with E-state index in [9.17, 15) is 0 Å². The second-order valence-corrected chi connectivity index (χ2v) is 5.69. The first-order valence-electron chi connectivity index (χ1n) is 5.98. The Hall–Kier alpha value is -0.800. The largest absolute Gasteiger partial charge is 0.276 e. The molecule has 0 saturated heterocycles. The molecule has 0 saturated carbocycles. The lowest BCUT2D eigenvalue weighted by Gasteiger charge is -2.13. The highest BCUT2D eigenvalue weighted by atomic mass is 79.9. The Balaban J connectivity index is 1.99. The normalized spacial score (nSPS) is 12.6. The van der Waals surface area contributed by atoms with Crippen molar-refractivity contribution in [1.29, 1.82) is 0 Å². The highest BCUT2D eigenvalue weighted by molar-refractivity contribution is 9.10. The van der Waals surface area contributed by atoms with Gasteiger partial charge in [0.2, 0.25) is 0 Å². The van der Waals surface area contributed by atoms with Gasteiger partial charge in [-0.2, -0.15) is 5.10 Å². The zero-order chi connectivity index (χ0) is 13.0. The molecule has 1 aromatic heterocycles.